The van der Waals surface area contributed by atoms with Gasteiger partial charge in [0, 0.05) is 40.4 Å². The van der Waals surface area contributed by atoms with Crippen LogP contribution < -0.4 is 14.8 Å². The summed E-state index contributed by atoms with van der Waals surface area (Å²) in [5.74, 6) is 1.09. The Hall–Kier alpha value is -1.61. The molecule has 1 saturated heterocycles. The predicted molar refractivity (Wildman–Crippen MR) is 112 cm³/mol. The van der Waals surface area contributed by atoms with Gasteiger partial charge < -0.3 is 19.7 Å². The summed E-state index contributed by atoms with van der Waals surface area (Å²) in [6.45, 7) is 3.93. The Morgan fingerprint density at radius 2 is 2.14 bits per heavy atom. The van der Waals surface area contributed by atoms with E-state index in [9.17, 15) is 9.59 Å². The zero-order valence-corrected chi connectivity index (χ0v) is 18.3. The zero-order chi connectivity index (χ0) is 19.8. The highest BCUT2D eigenvalue weighted by molar-refractivity contribution is 14.1. The van der Waals surface area contributed by atoms with Crippen LogP contribution in [0, 0.1) is 9.49 Å². The van der Waals surface area contributed by atoms with E-state index in [-0.39, 0.29) is 29.4 Å². The molecular weight excluding hydrogens is 471 g/mol. The molecule has 4 aliphatic rings. The van der Waals surface area contributed by atoms with Crippen LogP contribution in [0.15, 0.2) is 18.2 Å². The molecule has 28 heavy (non-hydrogen) atoms. The molecule has 1 spiro atoms. The van der Waals surface area contributed by atoms with Crippen LogP contribution in [-0.2, 0) is 21.4 Å². The number of amides is 1. The van der Waals surface area contributed by atoms with Crippen molar-refractivity contribution in [2.45, 2.75) is 50.3 Å². The second-order valence-corrected chi connectivity index (χ2v) is 9.51. The molecule has 7 heteroatoms. The molecule has 1 aromatic rings. The lowest BCUT2D eigenvalue weighted by Crippen LogP contribution is -2.66. The Morgan fingerprint density at radius 3 is 2.86 bits per heavy atom. The van der Waals surface area contributed by atoms with E-state index in [0.29, 0.717) is 23.5 Å². The number of piperidine rings is 1. The van der Waals surface area contributed by atoms with Gasteiger partial charge in [0.05, 0.1) is 6.04 Å². The van der Waals surface area contributed by atoms with E-state index in [1.807, 2.05) is 6.07 Å². The minimum Gasteiger partial charge on any atom is -0.483 e. The maximum absolute atomic E-state index is 11.8. The van der Waals surface area contributed by atoms with E-state index in [1.54, 1.807) is 0 Å². The molecule has 2 aliphatic heterocycles. The van der Waals surface area contributed by atoms with Crippen LogP contribution >= 0.6 is 22.6 Å². The van der Waals surface area contributed by atoms with Gasteiger partial charge >= 0.3 is 5.97 Å². The molecule has 148 valence electrons. The summed E-state index contributed by atoms with van der Waals surface area (Å²) in [5.41, 5.74) is 2.31. The summed E-state index contributed by atoms with van der Waals surface area (Å²) in [6.07, 6.45) is 6.09. The van der Waals surface area contributed by atoms with E-state index < -0.39 is 0 Å². The highest BCUT2D eigenvalue weighted by Crippen LogP contribution is 2.63. The number of rotatable bonds is 2. The Kier molecular flexibility index (Phi) is 4.07. The van der Waals surface area contributed by atoms with Crippen molar-refractivity contribution in [1.29, 1.82) is 0 Å². The SMILES string of the molecule is CC(=O)N[C@H]1C=CC2[C@H]3Cc4c(I)cc(OC(C)=O)c5c4C2(CCN3C)[C@H]1O5. The number of likely N-dealkylation sites (tertiary alicyclic amines) is 1. The van der Waals surface area contributed by atoms with Gasteiger partial charge in [-0.2, -0.15) is 0 Å². The number of hydrogen-bond acceptors (Lipinski definition) is 5. The maximum atomic E-state index is 11.8. The summed E-state index contributed by atoms with van der Waals surface area (Å²) in [6, 6.07) is 2.13. The number of esters is 1. The molecule has 1 N–H and O–H groups in total. The monoisotopic (exact) mass is 494 g/mol. The lowest BCUT2D eigenvalue weighted by atomic mass is 9.53. The lowest BCUT2D eigenvalue weighted by molar-refractivity contribution is -0.132. The van der Waals surface area contributed by atoms with Gasteiger partial charge in [0.15, 0.2) is 11.5 Å². The van der Waals surface area contributed by atoms with Gasteiger partial charge in [-0.15, -0.1) is 0 Å². The molecular formula is C21H23IN2O4. The summed E-state index contributed by atoms with van der Waals surface area (Å²) < 4.78 is 13.2. The van der Waals surface area contributed by atoms with Crippen molar-refractivity contribution in [3.8, 4) is 11.5 Å². The van der Waals surface area contributed by atoms with E-state index in [4.69, 9.17) is 9.47 Å². The molecule has 2 unspecified atom stereocenters. The van der Waals surface area contributed by atoms with Crippen LogP contribution in [-0.4, -0.2) is 48.6 Å². The third-order valence-corrected chi connectivity index (χ3v) is 7.82. The Morgan fingerprint density at radius 1 is 1.36 bits per heavy atom. The number of nitrogens with zero attached hydrogens (tertiary/aromatic N) is 1. The van der Waals surface area contributed by atoms with Gasteiger partial charge in [-0.3, -0.25) is 9.59 Å². The van der Waals surface area contributed by atoms with Gasteiger partial charge in [-0.05, 0) is 60.7 Å². The normalized spacial score (nSPS) is 34.4. The third-order valence-electron chi connectivity index (χ3n) is 6.86. The van der Waals surface area contributed by atoms with Crippen LogP contribution in [0.4, 0.5) is 0 Å². The van der Waals surface area contributed by atoms with Crippen molar-refractivity contribution < 1.29 is 19.1 Å². The smallest absolute Gasteiger partial charge is 0.308 e. The number of ether oxygens (including phenoxy) is 2. The summed E-state index contributed by atoms with van der Waals surface area (Å²) in [4.78, 5) is 26.0. The fourth-order valence-corrected chi connectivity index (χ4v) is 6.65. The van der Waals surface area contributed by atoms with Crippen molar-refractivity contribution in [1.82, 2.24) is 10.2 Å². The average Bonchev–Trinajstić information content (AvgIpc) is 2.96. The fourth-order valence-electron chi connectivity index (χ4n) is 5.88. The van der Waals surface area contributed by atoms with Crippen molar-refractivity contribution in [3.63, 3.8) is 0 Å². The Bertz CT molecular complexity index is 929. The number of halogens is 1. The number of hydrogen-bond donors (Lipinski definition) is 1. The van der Waals surface area contributed by atoms with E-state index in [2.05, 4.69) is 52.0 Å². The van der Waals surface area contributed by atoms with E-state index >= 15 is 0 Å². The molecule has 2 heterocycles. The Balaban J connectivity index is 1.75. The number of carbonyl (C=O) groups excluding carboxylic acids is 2. The molecule has 2 aliphatic carbocycles. The second kappa shape index (κ2) is 6.19. The van der Waals surface area contributed by atoms with Crippen molar-refractivity contribution in [3.05, 3.63) is 32.9 Å². The predicted octanol–water partition coefficient (Wildman–Crippen LogP) is 2.17. The van der Waals surface area contributed by atoms with Crippen LogP contribution in [0.25, 0.3) is 0 Å². The first-order valence-electron chi connectivity index (χ1n) is 9.69. The third kappa shape index (κ3) is 2.35. The number of carbonyl (C=O) groups is 2. The fraction of sp³-hybridized carbons (Fsp3) is 0.524. The molecule has 2 bridgehead atoms. The summed E-state index contributed by atoms with van der Waals surface area (Å²) in [7, 11) is 2.20. The highest BCUT2D eigenvalue weighted by Gasteiger charge is 2.64. The van der Waals surface area contributed by atoms with Crippen LogP contribution in [0.3, 0.4) is 0 Å². The molecule has 5 rings (SSSR count). The second-order valence-electron chi connectivity index (χ2n) is 8.35. The van der Waals surface area contributed by atoms with Gasteiger partial charge in [-0.25, -0.2) is 0 Å². The van der Waals surface area contributed by atoms with Gasteiger partial charge in [-0.1, -0.05) is 12.2 Å². The largest absolute Gasteiger partial charge is 0.483 e. The van der Waals surface area contributed by atoms with Gasteiger partial charge in [0.1, 0.15) is 6.10 Å². The van der Waals surface area contributed by atoms with Crippen molar-refractivity contribution in [2.24, 2.45) is 5.92 Å². The molecule has 1 aromatic carbocycles. The molecule has 0 radical (unpaired) electrons. The number of likely N-dealkylation sites (N-methyl/N-ethyl adjacent to an activating group) is 1. The molecule has 0 saturated carbocycles. The highest BCUT2D eigenvalue weighted by atomic mass is 127. The van der Waals surface area contributed by atoms with Gasteiger partial charge in [0.25, 0.3) is 0 Å². The van der Waals surface area contributed by atoms with E-state index in [1.165, 1.54) is 25.0 Å². The van der Waals surface area contributed by atoms with Crippen LogP contribution in [0.2, 0.25) is 0 Å². The first kappa shape index (κ1) is 18.4. The van der Waals surface area contributed by atoms with Crippen molar-refractivity contribution >= 4 is 34.5 Å². The first-order chi connectivity index (χ1) is 13.3. The molecule has 0 aromatic heterocycles. The summed E-state index contributed by atoms with van der Waals surface area (Å²) in [5, 5.41) is 3.06. The zero-order valence-electron chi connectivity index (χ0n) is 16.1. The molecule has 5 atom stereocenters. The Labute approximate surface area is 177 Å². The topological polar surface area (TPSA) is 67.9 Å². The molecule has 1 fully saturated rings. The molecule has 6 nitrogen and oxygen atoms in total. The standard InChI is InChI=1S/C21H23IN2O4/c1-10(25)23-15-5-4-13-16-8-12-14(22)9-17(27-11(2)26)19-18(12)21(13,20(15)28-19)6-7-24(16)3/h4-5,9,13,15-16,20H,6-8H2,1-3H3,(H,23,25)/t13?,15-,16+,20-,21?/m0/s1. The van der Waals surface area contributed by atoms with Crippen LogP contribution in [0.5, 0.6) is 11.5 Å². The quantitative estimate of drug-likeness (QED) is 0.296. The van der Waals surface area contributed by atoms with Crippen molar-refractivity contribution in [2.75, 3.05) is 13.6 Å². The lowest BCUT2D eigenvalue weighted by Gasteiger charge is -2.57. The first-order valence-corrected chi connectivity index (χ1v) is 10.8. The minimum atomic E-state index is -0.354. The summed E-state index contributed by atoms with van der Waals surface area (Å²) >= 11 is 2.35. The number of nitrogens with one attached hydrogen (secondary N) is 1. The number of benzene rings is 1. The average molecular weight is 494 g/mol. The minimum absolute atomic E-state index is 0.0700. The van der Waals surface area contributed by atoms with Crippen LogP contribution in [0.1, 0.15) is 31.4 Å². The van der Waals surface area contributed by atoms with Gasteiger partial charge in [0.2, 0.25) is 5.91 Å². The molecule has 1 amide bonds. The van der Waals surface area contributed by atoms with E-state index in [0.717, 1.165) is 23.0 Å². The maximum Gasteiger partial charge on any atom is 0.308 e.